The Hall–Kier alpha value is -0.820. The molecule has 2 unspecified atom stereocenters. The molecule has 1 fully saturated rings. The van der Waals surface area contributed by atoms with Crippen molar-refractivity contribution in [3.63, 3.8) is 0 Å². The van der Waals surface area contributed by atoms with Gasteiger partial charge in [0.25, 0.3) is 0 Å². The topological polar surface area (TPSA) is 73.8 Å². The van der Waals surface area contributed by atoms with Crippen LogP contribution < -0.4 is 10.6 Å². The van der Waals surface area contributed by atoms with Crippen molar-refractivity contribution in [2.75, 3.05) is 44.7 Å². The van der Waals surface area contributed by atoms with E-state index in [1.54, 1.807) is 7.05 Å². The quantitative estimate of drug-likeness (QED) is 0.483. The molecule has 1 aliphatic heterocycles. The van der Waals surface area contributed by atoms with Gasteiger partial charge in [0.05, 0.1) is 11.5 Å². The fourth-order valence-corrected chi connectivity index (χ4v) is 4.80. The van der Waals surface area contributed by atoms with Crippen LogP contribution >= 0.6 is 0 Å². The second kappa shape index (κ2) is 10.1. The molecule has 0 amide bonds. The van der Waals surface area contributed by atoms with Crippen LogP contribution in [0.15, 0.2) is 4.99 Å². The van der Waals surface area contributed by atoms with Crippen molar-refractivity contribution >= 4 is 15.8 Å². The molecule has 6 nitrogen and oxygen atoms in total. The van der Waals surface area contributed by atoms with Gasteiger partial charge in [-0.3, -0.25) is 4.99 Å². The zero-order valence-corrected chi connectivity index (χ0v) is 16.0. The molecule has 1 rings (SSSR count). The van der Waals surface area contributed by atoms with Gasteiger partial charge in [0.15, 0.2) is 15.8 Å². The Labute approximate surface area is 142 Å². The van der Waals surface area contributed by atoms with E-state index in [1.165, 1.54) is 0 Å². The third-order valence-corrected chi connectivity index (χ3v) is 6.33. The molecule has 0 aromatic carbocycles. The van der Waals surface area contributed by atoms with Crippen LogP contribution in [0.3, 0.4) is 0 Å². The summed E-state index contributed by atoms with van der Waals surface area (Å²) < 4.78 is 23.0. The smallest absolute Gasteiger partial charge is 0.191 e. The van der Waals surface area contributed by atoms with Crippen molar-refractivity contribution in [3.05, 3.63) is 0 Å². The van der Waals surface area contributed by atoms with Crippen LogP contribution in [0, 0.1) is 5.92 Å². The Morgan fingerprint density at radius 1 is 1.35 bits per heavy atom. The minimum Gasteiger partial charge on any atom is -0.356 e. The van der Waals surface area contributed by atoms with Crippen molar-refractivity contribution in [3.8, 4) is 0 Å². The molecule has 2 N–H and O–H groups in total. The normalized spacial score (nSPS) is 22.3. The van der Waals surface area contributed by atoms with Crippen LogP contribution in [0.1, 0.15) is 40.0 Å². The van der Waals surface area contributed by atoms with Crippen molar-refractivity contribution < 1.29 is 8.42 Å². The largest absolute Gasteiger partial charge is 0.356 e. The summed E-state index contributed by atoms with van der Waals surface area (Å²) in [5.41, 5.74) is 0. The number of hydrogen-bond donors (Lipinski definition) is 2. The van der Waals surface area contributed by atoms with E-state index in [4.69, 9.17) is 0 Å². The Bertz CT molecular complexity index is 461. The first-order chi connectivity index (χ1) is 10.9. The average Bonchev–Trinajstić information content (AvgIpc) is 2.87. The summed E-state index contributed by atoms with van der Waals surface area (Å²) in [5.74, 6) is 1.60. The van der Waals surface area contributed by atoms with E-state index < -0.39 is 9.84 Å². The maximum Gasteiger partial charge on any atom is 0.191 e. The van der Waals surface area contributed by atoms with Gasteiger partial charge in [0.2, 0.25) is 0 Å². The predicted molar refractivity (Wildman–Crippen MR) is 97.7 cm³/mol. The molecule has 1 aliphatic rings. The summed E-state index contributed by atoms with van der Waals surface area (Å²) in [5, 5.41) is 6.66. The summed E-state index contributed by atoms with van der Waals surface area (Å²) in [6, 6.07) is 0.351. The third kappa shape index (κ3) is 8.01. The second-order valence-electron chi connectivity index (χ2n) is 6.44. The Morgan fingerprint density at radius 2 is 2.04 bits per heavy atom. The molecule has 0 saturated carbocycles. The van der Waals surface area contributed by atoms with Gasteiger partial charge in [-0.05, 0) is 51.7 Å². The zero-order valence-electron chi connectivity index (χ0n) is 15.1. The molecular formula is C16H34N4O2S. The molecule has 0 aromatic heterocycles. The lowest BCUT2D eigenvalue weighted by molar-refractivity contribution is 0.292. The molecule has 0 aromatic rings. The van der Waals surface area contributed by atoms with Crippen LogP contribution in [-0.4, -0.2) is 70.1 Å². The van der Waals surface area contributed by atoms with Crippen LogP contribution in [0.5, 0.6) is 0 Å². The third-order valence-electron chi connectivity index (χ3n) is 4.50. The number of nitrogens with one attached hydrogen (secondary N) is 2. The fraction of sp³-hybridized carbons (Fsp3) is 0.938. The molecule has 1 saturated heterocycles. The average molecular weight is 347 g/mol. The lowest BCUT2D eigenvalue weighted by Crippen LogP contribution is -2.44. The van der Waals surface area contributed by atoms with Gasteiger partial charge < -0.3 is 15.5 Å². The molecule has 0 bridgehead atoms. The standard InChI is InChI=1S/C16H34N4O2S/c1-5-20(6-2)10-7-8-14(3)19-16(17-4)18-12-15-9-11-23(21,22)13-15/h14-15H,5-13H2,1-4H3,(H2,17,18,19). The number of guanidine groups is 1. The number of sulfone groups is 1. The van der Waals surface area contributed by atoms with Crippen LogP contribution in [0.4, 0.5) is 0 Å². The molecule has 23 heavy (non-hydrogen) atoms. The highest BCUT2D eigenvalue weighted by Gasteiger charge is 2.27. The molecule has 2 atom stereocenters. The van der Waals surface area contributed by atoms with Crippen LogP contribution in [-0.2, 0) is 9.84 Å². The lowest BCUT2D eigenvalue weighted by Gasteiger charge is -2.21. The van der Waals surface area contributed by atoms with Crippen molar-refractivity contribution in [2.45, 2.75) is 46.1 Å². The molecule has 0 radical (unpaired) electrons. The van der Waals surface area contributed by atoms with Gasteiger partial charge in [-0.2, -0.15) is 0 Å². The zero-order chi connectivity index (χ0) is 17.3. The lowest BCUT2D eigenvalue weighted by atomic mass is 10.1. The maximum absolute atomic E-state index is 11.5. The molecule has 136 valence electrons. The van der Waals surface area contributed by atoms with Gasteiger partial charge in [-0.25, -0.2) is 8.42 Å². The van der Waals surface area contributed by atoms with Gasteiger partial charge in [-0.1, -0.05) is 13.8 Å². The van der Waals surface area contributed by atoms with E-state index in [2.05, 4.69) is 41.3 Å². The van der Waals surface area contributed by atoms with Crippen LogP contribution in [0.2, 0.25) is 0 Å². The molecule has 0 aliphatic carbocycles. The fourth-order valence-electron chi connectivity index (χ4n) is 2.94. The minimum atomic E-state index is -2.80. The highest BCUT2D eigenvalue weighted by atomic mass is 32.2. The summed E-state index contributed by atoms with van der Waals surface area (Å²) in [4.78, 5) is 6.67. The minimum absolute atomic E-state index is 0.205. The number of hydrogen-bond acceptors (Lipinski definition) is 4. The molecule has 7 heteroatoms. The molecule has 0 spiro atoms. The summed E-state index contributed by atoms with van der Waals surface area (Å²) in [7, 11) is -1.05. The number of rotatable bonds is 9. The van der Waals surface area contributed by atoms with Crippen molar-refractivity contribution in [2.24, 2.45) is 10.9 Å². The first-order valence-electron chi connectivity index (χ1n) is 8.80. The van der Waals surface area contributed by atoms with Gasteiger partial charge in [0.1, 0.15) is 0 Å². The summed E-state index contributed by atoms with van der Waals surface area (Å²) in [6.45, 7) is 10.6. The SMILES string of the molecule is CCN(CC)CCCC(C)NC(=NC)NCC1CCS(=O)(=O)C1. The molecular weight excluding hydrogens is 312 g/mol. The highest BCUT2D eigenvalue weighted by Crippen LogP contribution is 2.17. The van der Waals surface area contributed by atoms with E-state index >= 15 is 0 Å². The van der Waals surface area contributed by atoms with E-state index in [1.807, 2.05) is 0 Å². The first-order valence-corrected chi connectivity index (χ1v) is 10.6. The van der Waals surface area contributed by atoms with E-state index in [-0.39, 0.29) is 5.92 Å². The van der Waals surface area contributed by atoms with Gasteiger partial charge in [-0.15, -0.1) is 0 Å². The summed E-state index contributed by atoms with van der Waals surface area (Å²) >= 11 is 0. The maximum atomic E-state index is 11.5. The Morgan fingerprint density at radius 3 is 2.57 bits per heavy atom. The monoisotopic (exact) mass is 346 g/mol. The summed E-state index contributed by atoms with van der Waals surface area (Å²) in [6.07, 6.45) is 3.01. The predicted octanol–water partition coefficient (Wildman–Crippen LogP) is 1.10. The van der Waals surface area contributed by atoms with Crippen molar-refractivity contribution in [1.29, 1.82) is 0 Å². The second-order valence-corrected chi connectivity index (χ2v) is 8.67. The van der Waals surface area contributed by atoms with E-state index in [9.17, 15) is 8.42 Å². The first kappa shape index (κ1) is 20.2. The highest BCUT2D eigenvalue weighted by molar-refractivity contribution is 7.91. The number of nitrogens with zero attached hydrogens (tertiary/aromatic N) is 2. The van der Waals surface area contributed by atoms with Crippen LogP contribution in [0.25, 0.3) is 0 Å². The van der Waals surface area contributed by atoms with Gasteiger partial charge >= 0.3 is 0 Å². The van der Waals surface area contributed by atoms with E-state index in [0.717, 1.165) is 44.9 Å². The van der Waals surface area contributed by atoms with Gasteiger partial charge in [0, 0.05) is 19.6 Å². The van der Waals surface area contributed by atoms with E-state index in [0.29, 0.717) is 24.1 Å². The van der Waals surface area contributed by atoms with Crippen molar-refractivity contribution in [1.82, 2.24) is 15.5 Å². The Kier molecular flexibility index (Phi) is 8.91. The number of aliphatic imine (C=N–C) groups is 1. The molecule has 1 heterocycles. The Balaban J connectivity index is 2.25.